The van der Waals surface area contributed by atoms with Crippen LogP contribution in [0, 0.1) is 11.8 Å². The van der Waals surface area contributed by atoms with Gasteiger partial charge in [0.25, 0.3) is 0 Å². The third kappa shape index (κ3) is 5.27. The molecule has 3 nitrogen and oxygen atoms in total. The maximum absolute atomic E-state index is 12.3. The fourth-order valence-corrected chi connectivity index (χ4v) is 4.31. The zero-order valence-corrected chi connectivity index (χ0v) is 14.5. The van der Waals surface area contributed by atoms with Crippen LogP contribution in [0.15, 0.2) is 24.3 Å². The average molecular weight is 356 g/mol. The summed E-state index contributed by atoms with van der Waals surface area (Å²) in [6, 6.07) is 6.56. The number of nitrogens with two attached hydrogens (primary N) is 1. The fraction of sp³-hybridized carbons (Fsp3) is 0.684. The van der Waals surface area contributed by atoms with Crippen LogP contribution in [0.5, 0.6) is 5.75 Å². The summed E-state index contributed by atoms with van der Waals surface area (Å²) in [7, 11) is 0. The van der Waals surface area contributed by atoms with E-state index in [4.69, 9.17) is 5.73 Å². The Bertz CT molecular complexity index is 547. The summed E-state index contributed by atoms with van der Waals surface area (Å²) in [4.78, 5) is 2.28. The van der Waals surface area contributed by atoms with E-state index in [0.29, 0.717) is 17.9 Å². The molecule has 3 rings (SSSR count). The second-order valence-electron chi connectivity index (χ2n) is 7.44. The Morgan fingerprint density at radius 1 is 1.04 bits per heavy atom. The van der Waals surface area contributed by atoms with E-state index in [1.165, 1.54) is 44.2 Å². The molecule has 1 unspecified atom stereocenters. The molecule has 1 aromatic carbocycles. The highest BCUT2D eigenvalue weighted by Crippen LogP contribution is 2.33. The van der Waals surface area contributed by atoms with Crippen LogP contribution in [0.25, 0.3) is 0 Å². The van der Waals surface area contributed by atoms with Gasteiger partial charge in [-0.1, -0.05) is 12.8 Å². The van der Waals surface area contributed by atoms with Crippen molar-refractivity contribution < 1.29 is 17.9 Å². The van der Waals surface area contributed by atoms with Gasteiger partial charge in [0, 0.05) is 24.8 Å². The number of alkyl halides is 3. The third-order valence-corrected chi connectivity index (χ3v) is 5.56. The molecule has 25 heavy (non-hydrogen) atoms. The van der Waals surface area contributed by atoms with Crippen LogP contribution in [-0.4, -0.2) is 25.5 Å². The lowest BCUT2D eigenvalue weighted by atomic mass is 9.77. The Labute approximate surface area is 147 Å². The van der Waals surface area contributed by atoms with Crippen molar-refractivity contribution in [3.05, 3.63) is 24.3 Å². The summed E-state index contributed by atoms with van der Waals surface area (Å²) in [5.41, 5.74) is 7.25. The van der Waals surface area contributed by atoms with E-state index < -0.39 is 6.36 Å². The lowest BCUT2D eigenvalue weighted by Gasteiger charge is -2.38. The summed E-state index contributed by atoms with van der Waals surface area (Å²) in [5, 5.41) is 0. The highest BCUT2D eigenvalue weighted by Gasteiger charge is 2.31. The number of anilines is 1. The van der Waals surface area contributed by atoms with Crippen LogP contribution >= 0.6 is 0 Å². The van der Waals surface area contributed by atoms with Crippen molar-refractivity contribution in [1.29, 1.82) is 0 Å². The van der Waals surface area contributed by atoms with Crippen LogP contribution < -0.4 is 15.4 Å². The first kappa shape index (κ1) is 18.4. The van der Waals surface area contributed by atoms with E-state index in [0.717, 1.165) is 31.6 Å². The van der Waals surface area contributed by atoms with E-state index in [1.807, 2.05) is 0 Å². The maximum Gasteiger partial charge on any atom is 0.573 e. The number of ether oxygens (including phenoxy) is 1. The minimum atomic E-state index is -4.64. The molecule has 2 aliphatic rings. The molecule has 3 atom stereocenters. The van der Waals surface area contributed by atoms with Gasteiger partial charge in [-0.05, 0) is 68.2 Å². The highest BCUT2D eigenvalue weighted by molar-refractivity contribution is 5.49. The Balaban J connectivity index is 1.57. The Hall–Kier alpha value is -1.43. The number of halogens is 3. The lowest BCUT2D eigenvalue weighted by Crippen LogP contribution is -2.39. The van der Waals surface area contributed by atoms with Gasteiger partial charge < -0.3 is 15.4 Å². The molecule has 6 heteroatoms. The highest BCUT2D eigenvalue weighted by atomic mass is 19.4. The zero-order valence-electron chi connectivity index (χ0n) is 14.5. The zero-order chi connectivity index (χ0) is 17.9. The first-order chi connectivity index (χ1) is 11.9. The van der Waals surface area contributed by atoms with Gasteiger partial charge in [-0.15, -0.1) is 13.2 Å². The Morgan fingerprint density at radius 2 is 1.76 bits per heavy atom. The molecular weight excluding hydrogens is 329 g/mol. The first-order valence-electron chi connectivity index (χ1n) is 9.27. The van der Waals surface area contributed by atoms with Gasteiger partial charge in [0.05, 0.1) is 0 Å². The largest absolute Gasteiger partial charge is 0.573 e. The van der Waals surface area contributed by atoms with Crippen LogP contribution in [0.4, 0.5) is 18.9 Å². The summed E-state index contributed by atoms with van der Waals surface area (Å²) in [5.74, 6) is 1.08. The lowest BCUT2D eigenvalue weighted by molar-refractivity contribution is -0.274. The summed E-state index contributed by atoms with van der Waals surface area (Å²) < 4.78 is 40.7. The van der Waals surface area contributed by atoms with Crippen molar-refractivity contribution in [3.63, 3.8) is 0 Å². The molecule has 0 spiro atoms. The fourth-order valence-electron chi connectivity index (χ4n) is 4.31. The SMILES string of the molecule is NC1CCCC[C@H]1C[C@H]1CCCN(c2ccc(OC(F)(F)F)cc2)C1. The summed E-state index contributed by atoms with van der Waals surface area (Å²) in [6.45, 7) is 1.91. The number of hydrogen-bond donors (Lipinski definition) is 1. The predicted octanol–water partition coefficient (Wildman–Crippen LogP) is 4.71. The number of hydrogen-bond acceptors (Lipinski definition) is 3. The standard InChI is InChI=1S/C19H27F3N2O/c20-19(21,22)25-17-9-7-16(8-10-17)24-11-3-4-14(13-24)12-15-5-1-2-6-18(15)23/h7-10,14-15,18H,1-6,11-13,23H2/t14-,15+,18?/m1/s1. The van der Waals surface area contributed by atoms with Crippen LogP contribution in [0.1, 0.15) is 44.9 Å². The van der Waals surface area contributed by atoms with Crippen LogP contribution in [-0.2, 0) is 0 Å². The molecule has 1 aliphatic heterocycles. The van der Waals surface area contributed by atoms with E-state index >= 15 is 0 Å². The minimum absolute atomic E-state index is 0.169. The molecular formula is C19H27F3N2O. The molecule has 140 valence electrons. The van der Waals surface area contributed by atoms with Gasteiger partial charge in [-0.25, -0.2) is 0 Å². The van der Waals surface area contributed by atoms with E-state index in [9.17, 15) is 13.2 Å². The molecule has 0 aromatic heterocycles. The van der Waals surface area contributed by atoms with Crippen LogP contribution in [0.3, 0.4) is 0 Å². The Morgan fingerprint density at radius 3 is 2.44 bits per heavy atom. The van der Waals surface area contributed by atoms with E-state index in [1.54, 1.807) is 12.1 Å². The normalized spacial score (nSPS) is 28.0. The van der Waals surface area contributed by atoms with E-state index in [-0.39, 0.29) is 5.75 Å². The van der Waals surface area contributed by atoms with Crippen molar-refractivity contribution in [1.82, 2.24) is 0 Å². The van der Waals surface area contributed by atoms with Gasteiger partial charge in [-0.2, -0.15) is 0 Å². The van der Waals surface area contributed by atoms with Crippen molar-refractivity contribution in [2.75, 3.05) is 18.0 Å². The topological polar surface area (TPSA) is 38.5 Å². The molecule has 0 bridgehead atoms. The number of rotatable bonds is 4. The summed E-state index contributed by atoms with van der Waals surface area (Å²) >= 11 is 0. The van der Waals surface area contributed by atoms with Gasteiger partial charge in [0.2, 0.25) is 0 Å². The molecule has 2 fully saturated rings. The molecule has 1 saturated heterocycles. The molecule has 2 N–H and O–H groups in total. The summed E-state index contributed by atoms with van der Waals surface area (Å²) in [6.07, 6.45) is 3.78. The molecule has 1 aliphatic carbocycles. The molecule has 1 aromatic rings. The first-order valence-corrected chi connectivity index (χ1v) is 9.27. The maximum atomic E-state index is 12.3. The number of piperidine rings is 1. The second kappa shape index (κ2) is 7.85. The second-order valence-corrected chi connectivity index (χ2v) is 7.44. The Kier molecular flexibility index (Phi) is 5.77. The third-order valence-electron chi connectivity index (χ3n) is 5.56. The predicted molar refractivity (Wildman–Crippen MR) is 92.6 cm³/mol. The molecule has 0 amide bonds. The van der Waals surface area contributed by atoms with Crippen molar-refractivity contribution >= 4 is 5.69 Å². The average Bonchev–Trinajstić information content (AvgIpc) is 2.57. The van der Waals surface area contributed by atoms with Gasteiger partial charge in [0.1, 0.15) is 5.75 Å². The van der Waals surface area contributed by atoms with Crippen LogP contribution in [0.2, 0.25) is 0 Å². The molecule has 1 heterocycles. The number of benzene rings is 1. The molecule has 1 saturated carbocycles. The molecule has 0 radical (unpaired) electrons. The monoisotopic (exact) mass is 356 g/mol. The number of nitrogens with zero attached hydrogens (tertiary/aromatic N) is 1. The van der Waals surface area contributed by atoms with Crippen molar-refractivity contribution in [2.45, 2.75) is 57.3 Å². The van der Waals surface area contributed by atoms with Crippen molar-refractivity contribution in [3.8, 4) is 5.75 Å². The van der Waals surface area contributed by atoms with Crippen molar-refractivity contribution in [2.24, 2.45) is 17.6 Å². The smallest absolute Gasteiger partial charge is 0.406 e. The van der Waals surface area contributed by atoms with Gasteiger partial charge >= 0.3 is 6.36 Å². The van der Waals surface area contributed by atoms with Gasteiger partial charge in [-0.3, -0.25) is 0 Å². The van der Waals surface area contributed by atoms with Gasteiger partial charge in [0.15, 0.2) is 0 Å². The quantitative estimate of drug-likeness (QED) is 0.849. The van der Waals surface area contributed by atoms with E-state index in [2.05, 4.69) is 9.64 Å². The minimum Gasteiger partial charge on any atom is -0.406 e.